The molecule has 0 aliphatic heterocycles. The molecule has 0 radical (unpaired) electrons. The molecule has 0 aliphatic carbocycles. The second kappa shape index (κ2) is 6.19. The lowest BCUT2D eigenvalue weighted by atomic mass is 9.89. The summed E-state index contributed by atoms with van der Waals surface area (Å²) in [5.41, 5.74) is -0.0406. The van der Waals surface area contributed by atoms with Gasteiger partial charge in [0.15, 0.2) is 0 Å². The van der Waals surface area contributed by atoms with E-state index in [0.29, 0.717) is 6.54 Å². The van der Waals surface area contributed by atoms with E-state index < -0.39 is 11.4 Å². The number of hydrogen-bond acceptors (Lipinski definition) is 2. The summed E-state index contributed by atoms with van der Waals surface area (Å²) in [7, 11) is 1.68. The van der Waals surface area contributed by atoms with Gasteiger partial charge in [-0.15, -0.1) is 0 Å². The average Bonchev–Trinajstić information content (AvgIpc) is 2.28. The van der Waals surface area contributed by atoms with Crippen LogP contribution in [0, 0.1) is 5.41 Å². The summed E-state index contributed by atoms with van der Waals surface area (Å²) in [5.74, 6) is -1.14. The quantitative estimate of drug-likeness (QED) is 0.904. The molecule has 1 rings (SSSR count). The molecule has 0 fully saturated rings. The van der Waals surface area contributed by atoms with Gasteiger partial charge >= 0.3 is 5.97 Å². The lowest BCUT2D eigenvalue weighted by molar-refractivity contribution is -0.151. The minimum atomic E-state index is -1.04. The number of rotatable bonds is 5. The lowest BCUT2D eigenvalue weighted by Crippen LogP contribution is -2.34. The Labute approximate surface area is 121 Å². The Hall–Kier alpha value is -1.36. The number of aliphatic carboxylic acids is 1. The molecule has 1 amide bonds. The standard InChI is InChI=1S/C14H18BrNO3/c1-14(2,13(18)19)8-12(17)16(3)9-10-5-4-6-11(15)7-10/h4-7H,8-9H2,1-3H3,(H,18,19). The van der Waals surface area contributed by atoms with Gasteiger partial charge in [-0.3, -0.25) is 9.59 Å². The van der Waals surface area contributed by atoms with Gasteiger partial charge in [0.25, 0.3) is 0 Å². The van der Waals surface area contributed by atoms with E-state index >= 15 is 0 Å². The topological polar surface area (TPSA) is 57.6 Å². The molecule has 0 unspecified atom stereocenters. The number of carboxylic acids is 1. The van der Waals surface area contributed by atoms with Gasteiger partial charge in [0, 0.05) is 24.5 Å². The third kappa shape index (κ3) is 4.67. The van der Waals surface area contributed by atoms with Crippen LogP contribution in [0.5, 0.6) is 0 Å². The molecule has 1 N–H and O–H groups in total. The maximum atomic E-state index is 12.0. The monoisotopic (exact) mass is 327 g/mol. The Morgan fingerprint density at radius 3 is 2.53 bits per heavy atom. The first-order valence-electron chi connectivity index (χ1n) is 5.94. The predicted octanol–water partition coefficient (Wildman–Crippen LogP) is 2.91. The van der Waals surface area contributed by atoms with Crippen LogP contribution in [-0.2, 0) is 16.1 Å². The molecule has 4 nitrogen and oxygen atoms in total. The van der Waals surface area contributed by atoms with E-state index in [0.717, 1.165) is 10.0 Å². The summed E-state index contributed by atoms with van der Waals surface area (Å²) in [6.45, 7) is 3.58. The van der Waals surface area contributed by atoms with Crippen LogP contribution in [0.1, 0.15) is 25.8 Å². The van der Waals surface area contributed by atoms with Gasteiger partial charge in [-0.1, -0.05) is 28.1 Å². The number of halogens is 1. The highest BCUT2D eigenvalue weighted by molar-refractivity contribution is 9.10. The number of nitrogens with zero attached hydrogens (tertiary/aromatic N) is 1. The van der Waals surface area contributed by atoms with Crippen LogP contribution in [0.25, 0.3) is 0 Å². The van der Waals surface area contributed by atoms with Crippen molar-refractivity contribution in [2.45, 2.75) is 26.8 Å². The van der Waals surface area contributed by atoms with E-state index in [9.17, 15) is 9.59 Å². The molecule has 0 aliphatic rings. The van der Waals surface area contributed by atoms with Crippen LogP contribution in [0.15, 0.2) is 28.7 Å². The maximum absolute atomic E-state index is 12.0. The van der Waals surface area contributed by atoms with Crippen LogP contribution in [-0.4, -0.2) is 28.9 Å². The predicted molar refractivity (Wildman–Crippen MR) is 76.6 cm³/mol. The van der Waals surface area contributed by atoms with E-state index in [4.69, 9.17) is 5.11 Å². The van der Waals surface area contributed by atoms with Crippen molar-refractivity contribution in [2.75, 3.05) is 7.05 Å². The zero-order chi connectivity index (χ0) is 14.6. The van der Waals surface area contributed by atoms with Gasteiger partial charge < -0.3 is 10.0 Å². The Morgan fingerprint density at radius 2 is 2.00 bits per heavy atom. The summed E-state index contributed by atoms with van der Waals surface area (Å²) >= 11 is 3.38. The molecule has 0 atom stereocenters. The molecule has 19 heavy (non-hydrogen) atoms. The molecule has 0 aromatic heterocycles. The molecular weight excluding hydrogens is 310 g/mol. The fraction of sp³-hybridized carbons (Fsp3) is 0.429. The Bertz CT molecular complexity index is 485. The first kappa shape index (κ1) is 15.7. The van der Waals surface area contributed by atoms with Gasteiger partial charge in [0.05, 0.1) is 5.41 Å². The number of carboxylic acid groups (broad SMARTS) is 1. The molecular formula is C14H18BrNO3. The minimum Gasteiger partial charge on any atom is -0.481 e. The van der Waals surface area contributed by atoms with E-state index in [1.54, 1.807) is 25.8 Å². The Balaban J connectivity index is 2.66. The van der Waals surface area contributed by atoms with Crippen LogP contribution in [0.4, 0.5) is 0 Å². The second-order valence-electron chi connectivity index (χ2n) is 5.25. The Morgan fingerprint density at radius 1 is 1.37 bits per heavy atom. The zero-order valence-corrected chi connectivity index (χ0v) is 12.9. The van der Waals surface area contributed by atoms with Crippen molar-refractivity contribution >= 4 is 27.8 Å². The van der Waals surface area contributed by atoms with Gasteiger partial charge in [-0.2, -0.15) is 0 Å². The molecule has 0 spiro atoms. The zero-order valence-electron chi connectivity index (χ0n) is 11.3. The molecule has 0 heterocycles. The highest BCUT2D eigenvalue weighted by atomic mass is 79.9. The van der Waals surface area contributed by atoms with Crippen molar-refractivity contribution in [3.8, 4) is 0 Å². The third-order valence-corrected chi connectivity index (χ3v) is 3.40. The summed E-state index contributed by atoms with van der Waals surface area (Å²) in [5, 5.41) is 9.02. The normalized spacial score (nSPS) is 11.2. The largest absolute Gasteiger partial charge is 0.481 e. The number of carbonyl (C=O) groups excluding carboxylic acids is 1. The average molecular weight is 328 g/mol. The van der Waals surface area contributed by atoms with Crippen molar-refractivity contribution in [3.63, 3.8) is 0 Å². The smallest absolute Gasteiger partial charge is 0.309 e. The van der Waals surface area contributed by atoms with E-state index in [1.807, 2.05) is 24.3 Å². The van der Waals surface area contributed by atoms with Gasteiger partial charge in [-0.05, 0) is 31.5 Å². The molecule has 0 saturated heterocycles. The van der Waals surface area contributed by atoms with E-state index in [-0.39, 0.29) is 12.3 Å². The molecule has 104 valence electrons. The Kier molecular flexibility index (Phi) is 5.11. The van der Waals surface area contributed by atoms with Crippen LogP contribution < -0.4 is 0 Å². The van der Waals surface area contributed by atoms with Crippen molar-refractivity contribution in [1.29, 1.82) is 0 Å². The number of carbonyl (C=O) groups is 2. The van der Waals surface area contributed by atoms with Crippen molar-refractivity contribution in [2.24, 2.45) is 5.41 Å². The minimum absolute atomic E-state index is 0.00711. The SMILES string of the molecule is CN(Cc1cccc(Br)c1)C(=O)CC(C)(C)C(=O)O. The fourth-order valence-electron chi connectivity index (χ4n) is 1.59. The summed E-state index contributed by atoms with van der Waals surface area (Å²) in [4.78, 5) is 24.6. The number of benzene rings is 1. The van der Waals surface area contributed by atoms with Gasteiger partial charge in [0.1, 0.15) is 0 Å². The lowest BCUT2D eigenvalue weighted by Gasteiger charge is -2.23. The molecule has 1 aromatic carbocycles. The summed E-state index contributed by atoms with van der Waals surface area (Å²) in [6, 6.07) is 7.68. The molecule has 0 bridgehead atoms. The fourth-order valence-corrected chi connectivity index (χ4v) is 2.03. The van der Waals surface area contributed by atoms with E-state index in [1.165, 1.54) is 0 Å². The molecule has 1 aromatic rings. The van der Waals surface area contributed by atoms with Gasteiger partial charge in [0.2, 0.25) is 5.91 Å². The van der Waals surface area contributed by atoms with Crippen molar-refractivity contribution in [3.05, 3.63) is 34.3 Å². The van der Waals surface area contributed by atoms with Crippen molar-refractivity contribution < 1.29 is 14.7 Å². The molecule has 5 heteroatoms. The van der Waals surface area contributed by atoms with Crippen molar-refractivity contribution in [1.82, 2.24) is 4.90 Å². The number of hydrogen-bond donors (Lipinski definition) is 1. The van der Waals surface area contributed by atoms with Crippen LogP contribution >= 0.6 is 15.9 Å². The van der Waals surface area contributed by atoms with E-state index in [2.05, 4.69) is 15.9 Å². The number of amides is 1. The molecule has 0 saturated carbocycles. The second-order valence-corrected chi connectivity index (χ2v) is 6.16. The highest BCUT2D eigenvalue weighted by Gasteiger charge is 2.31. The first-order chi connectivity index (χ1) is 8.72. The van der Waals surface area contributed by atoms with Gasteiger partial charge in [-0.25, -0.2) is 0 Å². The third-order valence-electron chi connectivity index (χ3n) is 2.91. The maximum Gasteiger partial charge on any atom is 0.309 e. The first-order valence-corrected chi connectivity index (χ1v) is 6.73. The highest BCUT2D eigenvalue weighted by Crippen LogP contribution is 2.22. The van der Waals surface area contributed by atoms with Crippen LogP contribution in [0.3, 0.4) is 0 Å². The summed E-state index contributed by atoms with van der Waals surface area (Å²) < 4.78 is 0.955. The summed E-state index contributed by atoms with van der Waals surface area (Å²) in [6.07, 6.45) is -0.00711. The van der Waals surface area contributed by atoms with Crippen LogP contribution in [0.2, 0.25) is 0 Å².